The lowest BCUT2D eigenvalue weighted by Gasteiger charge is -2.14. The highest BCUT2D eigenvalue weighted by atomic mass is 35.5. The molecule has 78 valence electrons. The van der Waals surface area contributed by atoms with Gasteiger partial charge in [-0.25, -0.2) is 0 Å². The van der Waals surface area contributed by atoms with Crippen LogP contribution >= 0.6 is 11.6 Å². The third kappa shape index (κ3) is 2.89. The molecule has 0 aliphatic heterocycles. The molecule has 0 amide bonds. The Kier molecular flexibility index (Phi) is 4.23. The van der Waals surface area contributed by atoms with Crippen LogP contribution in [-0.4, -0.2) is 11.2 Å². The Balaban J connectivity index is 2.78. The van der Waals surface area contributed by atoms with Gasteiger partial charge in [-0.05, 0) is 31.0 Å². The van der Waals surface area contributed by atoms with E-state index in [1.807, 2.05) is 13.0 Å². The minimum Gasteiger partial charge on any atom is -0.489 e. The highest BCUT2D eigenvalue weighted by Crippen LogP contribution is 2.26. The molecule has 1 atom stereocenters. The quantitative estimate of drug-likeness (QED) is 0.835. The van der Waals surface area contributed by atoms with Crippen molar-refractivity contribution in [3.05, 3.63) is 28.8 Å². The largest absolute Gasteiger partial charge is 0.489 e. The van der Waals surface area contributed by atoms with Crippen molar-refractivity contribution in [1.82, 2.24) is 0 Å². The SMILES string of the molecule is CC[C@@H](C)Oc1ccc(CO)cc1Cl. The molecule has 0 heterocycles. The fraction of sp³-hybridized carbons (Fsp3) is 0.455. The van der Waals surface area contributed by atoms with Gasteiger partial charge in [0.15, 0.2) is 0 Å². The maximum atomic E-state index is 8.88. The highest BCUT2D eigenvalue weighted by Gasteiger charge is 2.05. The summed E-state index contributed by atoms with van der Waals surface area (Å²) in [5.74, 6) is 0.679. The summed E-state index contributed by atoms with van der Waals surface area (Å²) >= 11 is 5.97. The molecule has 0 bridgehead atoms. The van der Waals surface area contributed by atoms with Crippen LogP contribution in [0.4, 0.5) is 0 Å². The second-order valence-electron chi connectivity index (χ2n) is 3.26. The summed E-state index contributed by atoms with van der Waals surface area (Å²) in [4.78, 5) is 0. The van der Waals surface area contributed by atoms with Gasteiger partial charge in [0.1, 0.15) is 5.75 Å². The van der Waals surface area contributed by atoms with E-state index in [-0.39, 0.29) is 12.7 Å². The number of hydrogen-bond acceptors (Lipinski definition) is 2. The molecule has 0 unspecified atom stereocenters. The van der Waals surface area contributed by atoms with E-state index >= 15 is 0 Å². The number of ether oxygens (including phenoxy) is 1. The Morgan fingerprint density at radius 1 is 1.50 bits per heavy atom. The molecular formula is C11H15ClO2. The lowest BCUT2D eigenvalue weighted by Crippen LogP contribution is -2.09. The van der Waals surface area contributed by atoms with Gasteiger partial charge in [-0.1, -0.05) is 24.6 Å². The number of benzene rings is 1. The Bertz CT molecular complexity index is 299. The van der Waals surface area contributed by atoms with Crippen LogP contribution in [0.5, 0.6) is 5.75 Å². The first-order chi connectivity index (χ1) is 6.67. The van der Waals surface area contributed by atoms with Crippen molar-refractivity contribution < 1.29 is 9.84 Å². The van der Waals surface area contributed by atoms with Gasteiger partial charge in [0.25, 0.3) is 0 Å². The van der Waals surface area contributed by atoms with Gasteiger partial charge in [0, 0.05) is 0 Å². The molecule has 1 N–H and O–H groups in total. The second kappa shape index (κ2) is 5.23. The Hall–Kier alpha value is -0.730. The highest BCUT2D eigenvalue weighted by molar-refractivity contribution is 6.32. The molecular weight excluding hydrogens is 200 g/mol. The monoisotopic (exact) mass is 214 g/mol. The molecule has 1 rings (SSSR count). The molecule has 0 aliphatic carbocycles. The van der Waals surface area contributed by atoms with E-state index in [0.29, 0.717) is 10.8 Å². The van der Waals surface area contributed by atoms with Gasteiger partial charge in [-0.3, -0.25) is 0 Å². The molecule has 14 heavy (non-hydrogen) atoms. The molecule has 2 nitrogen and oxygen atoms in total. The van der Waals surface area contributed by atoms with Crippen molar-refractivity contribution in [2.24, 2.45) is 0 Å². The average molecular weight is 215 g/mol. The normalized spacial score (nSPS) is 12.6. The van der Waals surface area contributed by atoms with E-state index in [0.717, 1.165) is 12.0 Å². The van der Waals surface area contributed by atoms with Crippen molar-refractivity contribution in [2.45, 2.75) is 33.0 Å². The predicted octanol–water partition coefficient (Wildman–Crippen LogP) is 3.01. The summed E-state index contributed by atoms with van der Waals surface area (Å²) in [7, 11) is 0. The van der Waals surface area contributed by atoms with Gasteiger partial charge in [0.2, 0.25) is 0 Å². The molecule has 0 aliphatic rings. The maximum Gasteiger partial charge on any atom is 0.138 e. The molecule has 0 aromatic heterocycles. The van der Waals surface area contributed by atoms with Crippen molar-refractivity contribution in [2.75, 3.05) is 0 Å². The summed E-state index contributed by atoms with van der Waals surface area (Å²) in [6.45, 7) is 4.06. The van der Waals surface area contributed by atoms with E-state index < -0.39 is 0 Å². The summed E-state index contributed by atoms with van der Waals surface area (Å²) in [6.07, 6.45) is 1.10. The van der Waals surface area contributed by atoms with Crippen molar-refractivity contribution in [3.8, 4) is 5.75 Å². The predicted molar refractivity (Wildman–Crippen MR) is 57.8 cm³/mol. The van der Waals surface area contributed by atoms with E-state index in [2.05, 4.69) is 6.92 Å². The lowest BCUT2D eigenvalue weighted by molar-refractivity contribution is 0.217. The minimum absolute atomic E-state index is 0.00330. The standard InChI is InChI=1S/C11H15ClO2/c1-3-8(2)14-11-5-4-9(7-13)6-10(11)12/h4-6,8,13H,3,7H2,1-2H3/t8-/m1/s1. The van der Waals surface area contributed by atoms with Crippen molar-refractivity contribution >= 4 is 11.6 Å². The van der Waals surface area contributed by atoms with Crippen LogP contribution < -0.4 is 4.74 Å². The first-order valence-electron chi connectivity index (χ1n) is 4.73. The first-order valence-corrected chi connectivity index (χ1v) is 5.11. The summed E-state index contributed by atoms with van der Waals surface area (Å²) in [5, 5.41) is 9.43. The van der Waals surface area contributed by atoms with Crippen LogP contribution in [0.15, 0.2) is 18.2 Å². The van der Waals surface area contributed by atoms with Crippen LogP contribution in [0.2, 0.25) is 5.02 Å². The molecule has 0 radical (unpaired) electrons. The zero-order valence-corrected chi connectivity index (χ0v) is 9.21. The Labute approximate surface area is 89.5 Å². The smallest absolute Gasteiger partial charge is 0.138 e. The van der Waals surface area contributed by atoms with Gasteiger partial charge in [-0.15, -0.1) is 0 Å². The van der Waals surface area contributed by atoms with E-state index in [9.17, 15) is 0 Å². The topological polar surface area (TPSA) is 29.5 Å². The van der Waals surface area contributed by atoms with Gasteiger partial charge in [0.05, 0.1) is 17.7 Å². The Morgan fingerprint density at radius 2 is 2.21 bits per heavy atom. The van der Waals surface area contributed by atoms with Crippen LogP contribution in [0.25, 0.3) is 0 Å². The van der Waals surface area contributed by atoms with E-state index in [1.54, 1.807) is 12.1 Å². The number of aliphatic hydroxyl groups excluding tert-OH is 1. The minimum atomic E-state index is 0.00330. The number of rotatable bonds is 4. The fourth-order valence-corrected chi connectivity index (χ4v) is 1.29. The fourth-order valence-electron chi connectivity index (χ4n) is 1.04. The van der Waals surface area contributed by atoms with Gasteiger partial charge in [-0.2, -0.15) is 0 Å². The molecule has 3 heteroatoms. The number of hydrogen-bond donors (Lipinski definition) is 1. The molecule has 0 saturated carbocycles. The molecule has 1 aromatic rings. The third-order valence-electron chi connectivity index (χ3n) is 2.08. The van der Waals surface area contributed by atoms with Crippen LogP contribution in [0.3, 0.4) is 0 Å². The van der Waals surface area contributed by atoms with Crippen molar-refractivity contribution in [1.29, 1.82) is 0 Å². The molecule has 1 aromatic carbocycles. The second-order valence-corrected chi connectivity index (χ2v) is 3.67. The third-order valence-corrected chi connectivity index (χ3v) is 2.38. The average Bonchev–Trinajstić information content (AvgIpc) is 2.20. The molecule has 0 fully saturated rings. The van der Waals surface area contributed by atoms with E-state index in [1.165, 1.54) is 0 Å². The molecule has 0 spiro atoms. The zero-order valence-electron chi connectivity index (χ0n) is 8.46. The van der Waals surface area contributed by atoms with Crippen molar-refractivity contribution in [3.63, 3.8) is 0 Å². The van der Waals surface area contributed by atoms with Gasteiger partial charge < -0.3 is 9.84 Å². The van der Waals surface area contributed by atoms with Crippen LogP contribution in [0.1, 0.15) is 25.8 Å². The van der Waals surface area contributed by atoms with Crippen LogP contribution in [0, 0.1) is 0 Å². The Morgan fingerprint density at radius 3 is 2.71 bits per heavy atom. The maximum absolute atomic E-state index is 8.88. The number of aliphatic hydroxyl groups is 1. The van der Waals surface area contributed by atoms with Crippen LogP contribution in [-0.2, 0) is 6.61 Å². The summed E-state index contributed by atoms with van der Waals surface area (Å²) in [5.41, 5.74) is 0.798. The summed E-state index contributed by atoms with van der Waals surface area (Å²) < 4.78 is 5.58. The zero-order chi connectivity index (χ0) is 10.6. The molecule has 0 saturated heterocycles. The number of halogens is 1. The lowest BCUT2D eigenvalue weighted by atomic mass is 10.2. The van der Waals surface area contributed by atoms with Gasteiger partial charge >= 0.3 is 0 Å². The van der Waals surface area contributed by atoms with E-state index in [4.69, 9.17) is 21.4 Å². The first kappa shape index (κ1) is 11.3. The summed E-state index contributed by atoms with van der Waals surface area (Å²) in [6, 6.07) is 5.32.